The second-order valence-corrected chi connectivity index (χ2v) is 3.62. The molecule has 1 aliphatic heterocycles. The van der Waals surface area contributed by atoms with Crippen LogP contribution in [0.2, 0.25) is 0 Å². The molecular weight excluding hydrogens is 279 g/mol. The molecule has 7 nitrogen and oxygen atoms in total. The van der Waals surface area contributed by atoms with Gasteiger partial charge in [-0.25, -0.2) is 4.74 Å². The first-order chi connectivity index (χ1) is 7.87. The van der Waals surface area contributed by atoms with E-state index < -0.39 is 35.6 Å². The molecule has 0 unspecified atom stereocenters. The average Bonchev–Trinajstić information content (AvgIpc) is 2.57. The predicted octanol–water partition coefficient (Wildman–Crippen LogP) is 0.876. The summed E-state index contributed by atoms with van der Waals surface area (Å²) >= 11 is 11.1. The lowest BCUT2D eigenvalue weighted by molar-refractivity contribution is -0.413. The third kappa shape index (κ3) is 3.43. The number of ether oxygens (including phenoxy) is 3. The minimum Gasteiger partial charge on any atom is -0.405 e. The fraction of sp³-hybridized carbons (Fsp3) is 0.750. The van der Waals surface area contributed by atoms with Crippen molar-refractivity contribution in [2.75, 3.05) is 11.8 Å². The van der Waals surface area contributed by atoms with Gasteiger partial charge in [-0.05, 0) is 0 Å². The van der Waals surface area contributed by atoms with E-state index >= 15 is 0 Å². The molecular formula is C8H10Cl2O7. The molecule has 0 amide bonds. The summed E-state index contributed by atoms with van der Waals surface area (Å²) in [4.78, 5) is 31.0. The first-order valence-electron chi connectivity index (χ1n) is 4.45. The maximum atomic E-state index is 10.8. The molecule has 0 aromatic carbocycles. The lowest BCUT2D eigenvalue weighted by Crippen LogP contribution is -2.44. The van der Waals surface area contributed by atoms with E-state index in [1.165, 1.54) is 0 Å². The van der Waals surface area contributed by atoms with Crippen molar-refractivity contribution in [1.82, 2.24) is 0 Å². The zero-order valence-electron chi connectivity index (χ0n) is 9.03. The molecule has 9 heteroatoms. The highest BCUT2D eigenvalue weighted by Gasteiger charge is 2.58. The van der Waals surface area contributed by atoms with Crippen molar-refractivity contribution in [2.45, 2.75) is 25.8 Å². The Hall–Kier alpha value is -0.600. The van der Waals surface area contributed by atoms with E-state index in [1.54, 1.807) is 0 Å². The van der Waals surface area contributed by atoms with Crippen LogP contribution in [0.15, 0.2) is 0 Å². The Bertz CT molecular complexity index is 293. The summed E-state index contributed by atoms with van der Waals surface area (Å²) in [5.41, 5.74) is 0. The second kappa shape index (κ2) is 5.36. The fourth-order valence-electron chi connectivity index (χ4n) is 1.07. The van der Waals surface area contributed by atoms with Gasteiger partial charge in [-0.2, -0.15) is 9.78 Å². The molecule has 1 fully saturated rings. The summed E-state index contributed by atoms with van der Waals surface area (Å²) in [5.74, 6) is -6.21. The highest BCUT2D eigenvalue weighted by molar-refractivity contribution is 6.19. The number of esters is 2. The number of carbonyl (C=O) groups excluding carboxylic acids is 2. The highest BCUT2D eigenvalue weighted by Crippen LogP contribution is 2.36. The third-order valence-corrected chi connectivity index (χ3v) is 2.19. The maximum absolute atomic E-state index is 10.8. The summed E-state index contributed by atoms with van der Waals surface area (Å²) in [6.45, 7) is 2.24. The molecule has 1 rings (SSSR count). The van der Waals surface area contributed by atoms with E-state index in [9.17, 15) is 9.59 Å². The largest absolute Gasteiger partial charge is 0.405 e. The molecule has 2 atom stereocenters. The van der Waals surface area contributed by atoms with Gasteiger partial charge in [0.25, 0.3) is 0 Å². The van der Waals surface area contributed by atoms with Crippen molar-refractivity contribution in [3.8, 4) is 0 Å². The number of carbonyl (C=O) groups is 2. The monoisotopic (exact) mass is 288 g/mol. The third-order valence-electron chi connectivity index (χ3n) is 1.53. The summed E-state index contributed by atoms with van der Waals surface area (Å²) in [6.07, 6.45) is 0. The molecule has 0 bridgehead atoms. The summed E-state index contributed by atoms with van der Waals surface area (Å²) in [6, 6.07) is 0. The second-order valence-electron chi connectivity index (χ2n) is 3.09. The number of hydrogen-bond donors (Lipinski definition) is 0. The van der Waals surface area contributed by atoms with Gasteiger partial charge < -0.3 is 9.47 Å². The molecule has 0 aliphatic carbocycles. The Kier molecular flexibility index (Phi) is 4.56. The Labute approximate surface area is 107 Å². The van der Waals surface area contributed by atoms with Gasteiger partial charge in [0, 0.05) is 13.8 Å². The minimum absolute atomic E-state index is 0.396. The van der Waals surface area contributed by atoms with Gasteiger partial charge in [0.15, 0.2) is 0 Å². The zero-order chi connectivity index (χ0) is 13.1. The number of rotatable bonds is 4. The average molecular weight is 289 g/mol. The van der Waals surface area contributed by atoms with E-state index in [0.29, 0.717) is 0 Å². The first-order valence-corrected chi connectivity index (χ1v) is 5.52. The van der Waals surface area contributed by atoms with Gasteiger partial charge in [0.05, 0.1) is 0 Å². The predicted molar refractivity (Wildman–Crippen MR) is 53.7 cm³/mol. The summed E-state index contributed by atoms with van der Waals surface area (Å²) in [5, 5.41) is 0. The SMILES string of the molecule is CC(=O)O[C@]1(CCl)OO[C@](CCl)(OC(C)=O)O1. The van der Waals surface area contributed by atoms with Crippen LogP contribution < -0.4 is 0 Å². The van der Waals surface area contributed by atoms with Gasteiger partial charge >= 0.3 is 23.9 Å². The van der Waals surface area contributed by atoms with E-state index in [2.05, 4.69) is 9.78 Å². The van der Waals surface area contributed by atoms with Gasteiger partial charge in [-0.15, -0.1) is 23.2 Å². The molecule has 0 radical (unpaired) electrons. The van der Waals surface area contributed by atoms with Gasteiger partial charge in [0.1, 0.15) is 11.8 Å². The molecule has 17 heavy (non-hydrogen) atoms. The smallest absolute Gasteiger partial charge is 0.376 e. The first kappa shape index (κ1) is 14.5. The van der Waals surface area contributed by atoms with Crippen LogP contribution in [0, 0.1) is 0 Å². The summed E-state index contributed by atoms with van der Waals surface area (Å²) < 4.78 is 14.5. The van der Waals surface area contributed by atoms with Crippen LogP contribution in [-0.2, 0) is 33.6 Å². The van der Waals surface area contributed by atoms with Crippen LogP contribution in [0.5, 0.6) is 0 Å². The number of hydrogen-bond acceptors (Lipinski definition) is 7. The number of halogens is 2. The van der Waals surface area contributed by atoms with Gasteiger partial charge in [-0.1, -0.05) is 0 Å². The lowest BCUT2D eigenvalue weighted by Gasteiger charge is -2.24. The number of alkyl halides is 2. The van der Waals surface area contributed by atoms with Crippen LogP contribution in [-0.4, -0.2) is 35.6 Å². The lowest BCUT2D eigenvalue weighted by atomic mass is 10.5. The Morgan fingerprint density at radius 3 is 1.59 bits per heavy atom. The molecule has 98 valence electrons. The van der Waals surface area contributed by atoms with E-state index in [-0.39, 0.29) is 0 Å². The maximum Gasteiger partial charge on any atom is 0.376 e. The van der Waals surface area contributed by atoms with Crippen LogP contribution in [0.4, 0.5) is 0 Å². The molecule has 1 aliphatic rings. The molecule has 1 heterocycles. The fourth-order valence-corrected chi connectivity index (χ4v) is 1.37. The van der Waals surface area contributed by atoms with E-state index in [1.807, 2.05) is 0 Å². The normalized spacial score (nSPS) is 32.2. The minimum atomic E-state index is -1.99. The van der Waals surface area contributed by atoms with Gasteiger partial charge in [-0.3, -0.25) is 9.59 Å². The van der Waals surface area contributed by atoms with Crippen molar-refractivity contribution < 1.29 is 33.6 Å². The topological polar surface area (TPSA) is 80.3 Å². The van der Waals surface area contributed by atoms with Crippen LogP contribution >= 0.6 is 23.2 Å². The molecule has 1 saturated heterocycles. The standard InChI is InChI=1S/C8H10Cl2O7/c1-5(11)13-7(3-9)15-8(4-10,17-16-7)14-6(2)12/h3-4H2,1-2H3/t7-,8+. The van der Waals surface area contributed by atoms with Crippen LogP contribution in [0.3, 0.4) is 0 Å². The van der Waals surface area contributed by atoms with E-state index in [4.69, 9.17) is 37.4 Å². The molecule has 0 aromatic heterocycles. The molecule has 0 N–H and O–H groups in total. The van der Waals surface area contributed by atoms with Crippen molar-refractivity contribution in [3.05, 3.63) is 0 Å². The van der Waals surface area contributed by atoms with Crippen molar-refractivity contribution in [1.29, 1.82) is 0 Å². The van der Waals surface area contributed by atoms with Crippen molar-refractivity contribution >= 4 is 35.1 Å². The van der Waals surface area contributed by atoms with Crippen LogP contribution in [0.25, 0.3) is 0 Å². The Morgan fingerprint density at radius 2 is 1.35 bits per heavy atom. The molecule has 0 saturated carbocycles. The quantitative estimate of drug-likeness (QED) is 0.431. The van der Waals surface area contributed by atoms with Gasteiger partial charge in [0.2, 0.25) is 0 Å². The summed E-state index contributed by atoms with van der Waals surface area (Å²) in [7, 11) is 0. The van der Waals surface area contributed by atoms with Crippen LogP contribution in [0.1, 0.15) is 13.8 Å². The molecule has 0 aromatic rings. The van der Waals surface area contributed by atoms with E-state index in [0.717, 1.165) is 13.8 Å². The van der Waals surface area contributed by atoms with Crippen molar-refractivity contribution in [2.24, 2.45) is 0 Å². The Balaban J connectivity index is 2.82. The van der Waals surface area contributed by atoms with Crippen molar-refractivity contribution in [3.63, 3.8) is 0 Å². The zero-order valence-corrected chi connectivity index (χ0v) is 10.5. The highest BCUT2D eigenvalue weighted by atomic mass is 35.5. The molecule has 0 spiro atoms. The Morgan fingerprint density at radius 1 is 1.00 bits per heavy atom.